The normalized spacial score (nSPS) is 16.4. The fourth-order valence-electron chi connectivity index (χ4n) is 4.10. The molecule has 2 heterocycles. The maximum absolute atomic E-state index is 13.1. The van der Waals surface area contributed by atoms with Crippen molar-refractivity contribution in [3.05, 3.63) is 42.2 Å². The highest BCUT2D eigenvalue weighted by Crippen LogP contribution is 2.28. The monoisotopic (exact) mass is 455 g/mol. The van der Waals surface area contributed by atoms with Gasteiger partial charge in [0.2, 0.25) is 11.8 Å². The lowest BCUT2D eigenvalue weighted by Crippen LogP contribution is -2.53. The van der Waals surface area contributed by atoms with Gasteiger partial charge in [0.1, 0.15) is 5.82 Å². The molecule has 4 rings (SSSR count). The number of hydrogen-bond acceptors (Lipinski definition) is 6. The number of hydrogen-bond donors (Lipinski definition) is 0. The highest BCUT2D eigenvalue weighted by atomic mass is 19.1. The largest absolute Gasteiger partial charge is 0.383 e. The summed E-state index contributed by atoms with van der Waals surface area (Å²) >= 11 is 0. The van der Waals surface area contributed by atoms with E-state index in [9.17, 15) is 14.0 Å². The summed E-state index contributed by atoms with van der Waals surface area (Å²) in [5.74, 6) is 0.556. The number of rotatable bonds is 8. The number of nitrogens with zero attached hydrogens (tertiary/aromatic N) is 5. The minimum Gasteiger partial charge on any atom is -0.383 e. The van der Waals surface area contributed by atoms with Gasteiger partial charge >= 0.3 is 0 Å². The Kier molecular flexibility index (Phi) is 7.49. The summed E-state index contributed by atoms with van der Waals surface area (Å²) in [6, 6.07) is 9.92. The molecule has 1 saturated carbocycles. The third-order valence-corrected chi connectivity index (χ3v) is 6.40. The maximum atomic E-state index is 13.1. The highest BCUT2D eigenvalue weighted by Gasteiger charge is 2.31. The van der Waals surface area contributed by atoms with Crippen LogP contribution >= 0.6 is 0 Å². The number of carbonyl (C=O) groups is 2. The molecule has 2 amide bonds. The summed E-state index contributed by atoms with van der Waals surface area (Å²) in [6.45, 7) is 3.38. The number of anilines is 1. The van der Waals surface area contributed by atoms with E-state index in [1.165, 1.54) is 12.1 Å². The minimum absolute atomic E-state index is 0.0313. The lowest BCUT2D eigenvalue weighted by atomic mass is 9.84. The predicted octanol–water partition coefficient (Wildman–Crippen LogP) is 2.21. The topological polar surface area (TPSA) is 78.9 Å². The molecular weight excluding hydrogens is 425 g/mol. The summed E-state index contributed by atoms with van der Waals surface area (Å²) in [5.41, 5.74) is 1.49. The van der Waals surface area contributed by atoms with Crippen molar-refractivity contribution in [2.75, 3.05) is 57.9 Å². The van der Waals surface area contributed by atoms with E-state index in [1.807, 2.05) is 17.0 Å². The molecule has 2 aliphatic rings. The van der Waals surface area contributed by atoms with E-state index in [0.717, 1.165) is 30.6 Å². The van der Waals surface area contributed by atoms with Gasteiger partial charge in [0.05, 0.1) is 18.8 Å². The number of aromatic nitrogens is 2. The third-order valence-electron chi connectivity index (χ3n) is 6.40. The first kappa shape index (κ1) is 23.1. The van der Waals surface area contributed by atoms with Crippen LogP contribution in [0.3, 0.4) is 0 Å². The van der Waals surface area contributed by atoms with Gasteiger partial charge in [0.25, 0.3) is 0 Å². The van der Waals surface area contributed by atoms with E-state index >= 15 is 0 Å². The third kappa shape index (κ3) is 5.65. The van der Waals surface area contributed by atoms with Crippen LogP contribution in [0.15, 0.2) is 36.4 Å². The molecule has 0 radical (unpaired) electrons. The van der Waals surface area contributed by atoms with Gasteiger partial charge in [-0.3, -0.25) is 9.59 Å². The number of ether oxygens (including phenoxy) is 1. The molecule has 176 valence electrons. The first-order chi connectivity index (χ1) is 16.0. The Balaban J connectivity index is 1.30. The van der Waals surface area contributed by atoms with Crippen LogP contribution in [-0.2, 0) is 14.3 Å². The van der Waals surface area contributed by atoms with Gasteiger partial charge < -0.3 is 19.4 Å². The summed E-state index contributed by atoms with van der Waals surface area (Å²) in [4.78, 5) is 31.1. The van der Waals surface area contributed by atoms with Crippen molar-refractivity contribution >= 4 is 17.6 Å². The van der Waals surface area contributed by atoms with Crippen LogP contribution in [0.1, 0.15) is 19.3 Å². The molecule has 0 bridgehead atoms. The van der Waals surface area contributed by atoms with Crippen molar-refractivity contribution in [2.45, 2.75) is 19.3 Å². The molecule has 1 aliphatic heterocycles. The number of halogens is 1. The highest BCUT2D eigenvalue weighted by molar-refractivity contribution is 5.86. The number of carbonyl (C=O) groups excluding carboxylic acids is 2. The average molecular weight is 456 g/mol. The minimum atomic E-state index is -0.287. The molecule has 8 nitrogen and oxygen atoms in total. The molecule has 1 aliphatic carbocycles. The molecule has 0 unspecified atom stereocenters. The van der Waals surface area contributed by atoms with Crippen molar-refractivity contribution in [1.82, 2.24) is 20.0 Å². The van der Waals surface area contributed by atoms with Crippen LogP contribution in [0.5, 0.6) is 0 Å². The van der Waals surface area contributed by atoms with Crippen LogP contribution in [0.2, 0.25) is 0 Å². The lowest BCUT2D eigenvalue weighted by Gasteiger charge is -2.37. The molecular formula is C24H30FN5O3. The van der Waals surface area contributed by atoms with E-state index < -0.39 is 0 Å². The molecule has 0 N–H and O–H groups in total. The number of amides is 2. The molecule has 9 heteroatoms. The number of benzene rings is 1. The van der Waals surface area contributed by atoms with Crippen molar-refractivity contribution in [3.63, 3.8) is 0 Å². The Morgan fingerprint density at radius 2 is 1.79 bits per heavy atom. The predicted molar refractivity (Wildman–Crippen MR) is 122 cm³/mol. The number of methoxy groups -OCH3 is 1. The molecule has 1 aromatic carbocycles. The summed E-state index contributed by atoms with van der Waals surface area (Å²) in [5, 5.41) is 8.60. The second-order valence-electron chi connectivity index (χ2n) is 8.53. The van der Waals surface area contributed by atoms with Crippen LogP contribution in [0.25, 0.3) is 11.3 Å². The molecule has 2 aromatic rings. The molecule has 33 heavy (non-hydrogen) atoms. The van der Waals surface area contributed by atoms with Crippen LogP contribution < -0.4 is 4.90 Å². The second kappa shape index (κ2) is 10.7. The fraction of sp³-hybridized carbons (Fsp3) is 0.500. The first-order valence-corrected chi connectivity index (χ1v) is 11.5. The van der Waals surface area contributed by atoms with E-state index in [0.29, 0.717) is 45.0 Å². The van der Waals surface area contributed by atoms with Gasteiger partial charge in [0.15, 0.2) is 5.82 Å². The van der Waals surface area contributed by atoms with Gasteiger partial charge in [-0.05, 0) is 49.2 Å². The molecule has 1 aromatic heterocycles. The smallest absolute Gasteiger partial charge is 0.242 e. The number of piperazine rings is 1. The quantitative estimate of drug-likeness (QED) is 0.607. The summed E-state index contributed by atoms with van der Waals surface area (Å²) in [6.07, 6.45) is 2.91. The van der Waals surface area contributed by atoms with E-state index in [1.54, 1.807) is 24.1 Å². The Labute approximate surface area is 193 Å². The second-order valence-corrected chi connectivity index (χ2v) is 8.53. The van der Waals surface area contributed by atoms with Crippen molar-refractivity contribution in [1.29, 1.82) is 0 Å². The van der Waals surface area contributed by atoms with Crippen molar-refractivity contribution < 1.29 is 18.7 Å². The molecule has 0 atom stereocenters. The zero-order chi connectivity index (χ0) is 23.2. The fourth-order valence-corrected chi connectivity index (χ4v) is 4.10. The Bertz CT molecular complexity index is 942. The van der Waals surface area contributed by atoms with Crippen molar-refractivity contribution in [3.8, 4) is 11.3 Å². The molecule has 0 spiro atoms. The van der Waals surface area contributed by atoms with Crippen LogP contribution in [0.4, 0.5) is 10.2 Å². The molecule has 1 saturated heterocycles. The lowest BCUT2D eigenvalue weighted by molar-refractivity contribution is -0.145. The average Bonchev–Trinajstić information content (AvgIpc) is 2.81. The maximum Gasteiger partial charge on any atom is 0.242 e. The first-order valence-electron chi connectivity index (χ1n) is 11.5. The van der Waals surface area contributed by atoms with E-state index in [-0.39, 0.29) is 30.1 Å². The molecule has 2 fully saturated rings. The van der Waals surface area contributed by atoms with Gasteiger partial charge in [-0.25, -0.2) is 4.39 Å². The van der Waals surface area contributed by atoms with Gasteiger partial charge in [-0.1, -0.05) is 6.42 Å². The van der Waals surface area contributed by atoms with Gasteiger partial charge in [0, 0.05) is 51.3 Å². The van der Waals surface area contributed by atoms with Crippen LogP contribution in [-0.4, -0.2) is 84.8 Å². The van der Waals surface area contributed by atoms with Gasteiger partial charge in [-0.15, -0.1) is 10.2 Å². The zero-order valence-electron chi connectivity index (χ0n) is 19.0. The Hall–Kier alpha value is -3.07. The van der Waals surface area contributed by atoms with E-state index in [4.69, 9.17) is 4.74 Å². The van der Waals surface area contributed by atoms with Gasteiger partial charge in [-0.2, -0.15) is 0 Å². The zero-order valence-corrected chi connectivity index (χ0v) is 19.0. The summed E-state index contributed by atoms with van der Waals surface area (Å²) < 4.78 is 18.3. The Morgan fingerprint density at radius 3 is 2.36 bits per heavy atom. The summed E-state index contributed by atoms with van der Waals surface area (Å²) in [7, 11) is 1.60. The van der Waals surface area contributed by atoms with Crippen LogP contribution in [0, 0.1) is 11.7 Å². The van der Waals surface area contributed by atoms with Crippen molar-refractivity contribution in [2.24, 2.45) is 5.92 Å². The Morgan fingerprint density at radius 1 is 1.06 bits per heavy atom. The standard InChI is InChI=1S/C24H30FN5O3/c1-33-16-15-30(24(32)19-3-2-4-19)17-23(31)29-13-11-28(12-14-29)22-10-9-21(26-27-22)18-5-7-20(25)8-6-18/h5-10,19H,2-4,11-17H2,1H3. The van der Waals surface area contributed by atoms with E-state index in [2.05, 4.69) is 15.1 Å². The SMILES string of the molecule is COCCN(CC(=O)N1CCN(c2ccc(-c3ccc(F)cc3)nn2)CC1)C(=O)C1CCC1.